The predicted molar refractivity (Wildman–Crippen MR) is 44.0 cm³/mol. The molecule has 0 aromatic carbocycles. The van der Waals surface area contributed by atoms with Gasteiger partial charge in [-0.25, -0.2) is 0 Å². The predicted octanol–water partition coefficient (Wildman–Crippen LogP) is -2.71. The molecule has 5 N–H and O–H groups in total. The molecule has 0 aliphatic carbocycles. The van der Waals surface area contributed by atoms with Crippen LogP contribution in [0, 0.1) is 0 Å². The van der Waals surface area contributed by atoms with E-state index in [1.165, 1.54) is 0 Å². The monoisotopic (exact) mass is 207 g/mol. The number of ether oxygens (including phenoxy) is 1. The summed E-state index contributed by atoms with van der Waals surface area (Å²) in [5.74, 6) is 0. The van der Waals surface area contributed by atoms with Crippen molar-refractivity contribution in [2.24, 2.45) is 5.16 Å². The Balaban J connectivity index is 2.73. The zero-order chi connectivity index (χ0) is 10.7. The van der Waals surface area contributed by atoms with Gasteiger partial charge in [0, 0.05) is 0 Å². The second-order valence-corrected chi connectivity index (χ2v) is 3.06. The first-order chi connectivity index (χ1) is 6.61. The maximum absolute atomic E-state index is 9.33. The van der Waals surface area contributed by atoms with Crippen molar-refractivity contribution in [3.63, 3.8) is 0 Å². The minimum atomic E-state index is -1.44. The van der Waals surface area contributed by atoms with Crippen LogP contribution in [0.2, 0.25) is 0 Å². The van der Waals surface area contributed by atoms with Crippen LogP contribution in [0.15, 0.2) is 5.16 Å². The molecule has 0 bridgehead atoms. The molecule has 1 unspecified atom stereocenters. The molecule has 1 rings (SSSR count). The Bertz CT molecular complexity index is 208. The molecular weight excluding hydrogens is 194 g/mol. The number of nitrogens with zero attached hydrogens (tertiary/aromatic N) is 1. The zero-order valence-electron chi connectivity index (χ0n) is 7.26. The summed E-state index contributed by atoms with van der Waals surface area (Å²) in [5.41, 5.74) is 0. The molecule has 0 spiro atoms. The molecule has 0 aromatic rings. The SMILES string of the molecule is OC[C@H]1OC(C=NO)[C@H](O)[C@@H](O)[C@H]1O. The average Bonchev–Trinajstić information content (AvgIpc) is 2.19. The van der Waals surface area contributed by atoms with Gasteiger partial charge < -0.3 is 30.4 Å². The number of rotatable bonds is 2. The van der Waals surface area contributed by atoms with Gasteiger partial charge in [0.25, 0.3) is 0 Å². The molecule has 5 atom stereocenters. The van der Waals surface area contributed by atoms with E-state index in [0.717, 1.165) is 6.21 Å². The highest BCUT2D eigenvalue weighted by molar-refractivity contribution is 5.63. The number of hydrogen-bond donors (Lipinski definition) is 5. The van der Waals surface area contributed by atoms with Crippen molar-refractivity contribution in [2.45, 2.75) is 30.5 Å². The van der Waals surface area contributed by atoms with Crippen molar-refractivity contribution in [3.05, 3.63) is 0 Å². The van der Waals surface area contributed by atoms with Crippen LogP contribution in [-0.2, 0) is 4.74 Å². The molecule has 0 aromatic heterocycles. The van der Waals surface area contributed by atoms with Gasteiger partial charge in [0.2, 0.25) is 0 Å². The summed E-state index contributed by atoms with van der Waals surface area (Å²) in [7, 11) is 0. The van der Waals surface area contributed by atoms with E-state index in [-0.39, 0.29) is 0 Å². The molecule has 1 saturated heterocycles. The van der Waals surface area contributed by atoms with Gasteiger partial charge in [0.1, 0.15) is 30.5 Å². The van der Waals surface area contributed by atoms with Crippen molar-refractivity contribution < 1.29 is 30.4 Å². The average molecular weight is 207 g/mol. The lowest BCUT2D eigenvalue weighted by Gasteiger charge is -2.38. The molecule has 0 amide bonds. The second-order valence-electron chi connectivity index (χ2n) is 3.06. The van der Waals surface area contributed by atoms with Crippen molar-refractivity contribution in [1.82, 2.24) is 0 Å². The Labute approximate surface area is 79.9 Å². The summed E-state index contributed by atoms with van der Waals surface area (Å²) in [4.78, 5) is 0. The number of aliphatic hydroxyl groups excluding tert-OH is 4. The quantitative estimate of drug-likeness (QED) is 0.190. The normalized spacial score (nSPS) is 44.4. The Morgan fingerprint density at radius 3 is 2.29 bits per heavy atom. The molecule has 1 aliphatic heterocycles. The van der Waals surface area contributed by atoms with Crippen LogP contribution in [0.1, 0.15) is 0 Å². The van der Waals surface area contributed by atoms with Gasteiger partial charge in [0.15, 0.2) is 0 Å². The fourth-order valence-electron chi connectivity index (χ4n) is 1.32. The maximum atomic E-state index is 9.33. The third-order valence-electron chi connectivity index (χ3n) is 2.14. The number of aliphatic hydroxyl groups is 4. The van der Waals surface area contributed by atoms with E-state index < -0.39 is 37.1 Å². The zero-order valence-corrected chi connectivity index (χ0v) is 7.26. The van der Waals surface area contributed by atoms with E-state index in [1.807, 2.05) is 0 Å². The van der Waals surface area contributed by atoms with Crippen LogP contribution in [0.3, 0.4) is 0 Å². The van der Waals surface area contributed by atoms with E-state index >= 15 is 0 Å². The molecule has 82 valence electrons. The Kier molecular flexibility index (Phi) is 3.78. The lowest BCUT2D eigenvalue weighted by Crippen LogP contribution is -2.58. The molecule has 0 radical (unpaired) electrons. The number of oxime groups is 1. The smallest absolute Gasteiger partial charge is 0.125 e. The van der Waals surface area contributed by atoms with Crippen molar-refractivity contribution in [3.8, 4) is 0 Å². The van der Waals surface area contributed by atoms with Gasteiger partial charge in [-0.15, -0.1) is 0 Å². The molecule has 1 aliphatic rings. The van der Waals surface area contributed by atoms with Crippen molar-refractivity contribution in [1.29, 1.82) is 0 Å². The summed E-state index contributed by atoms with van der Waals surface area (Å²) in [6, 6.07) is 0. The molecule has 7 heteroatoms. The summed E-state index contributed by atoms with van der Waals surface area (Å²) < 4.78 is 4.95. The Morgan fingerprint density at radius 1 is 1.14 bits per heavy atom. The van der Waals surface area contributed by atoms with E-state index in [2.05, 4.69) is 5.16 Å². The lowest BCUT2D eigenvalue weighted by molar-refractivity contribution is -0.210. The molecule has 14 heavy (non-hydrogen) atoms. The van der Waals surface area contributed by atoms with Gasteiger partial charge in [-0.3, -0.25) is 0 Å². The third-order valence-corrected chi connectivity index (χ3v) is 2.14. The van der Waals surface area contributed by atoms with Crippen LogP contribution in [0.4, 0.5) is 0 Å². The molecule has 0 saturated carbocycles. The summed E-state index contributed by atoms with van der Waals surface area (Å²) in [6.07, 6.45) is -5.36. The largest absolute Gasteiger partial charge is 0.411 e. The molecular formula is C7H13NO6. The summed E-state index contributed by atoms with van der Waals surface area (Å²) >= 11 is 0. The minimum absolute atomic E-state index is 0.499. The topological polar surface area (TPSA) is 123 Å². The molecule has 1 fully saturated rings. The molecule has 1 heterocycles. The summed E-state index contributed by atoms with van der Waals surface area (Å²) in [5, 5.41) is 47.6. The maximum Gasteiger partial charge on any atom is 0.125 e. The van der Waals surface area contributed by atoms with Crippen LogP contribution in [0.25, 0.3) is 0 Å². The highest BCUT2D eigenvalue weighted by atomic mass is 16.5. The van der Waals surface area contributed by atoms with Crippen LogP contribution in [0.5, 0.6) is 0 Å². The van der Waals surface area contributed by atoms with Crippen molar-refractivity contribution in [2.75, 3.05) is 6.61 Å². The highest BCUT2D eigenvalue weighted by Gasteiger charge is 2.42. The third kappa shape index (κ3) is 2.02. The number of hydrogen-bond acceptors (Lipinski definition) is 7. The first-order valence-electron chi connectivity index (χ1n) is 4.10. The van der Waals surface area contributed by atoms with Gasteiger partial charge >= 0.3 is 0 Å². The first kappa shape index (κ1) is 11.3. The van der Waals surface area contributed by atoms with Gasteiger partial charge in [-0.05, 0) is 0 Å². The van der Waals surface area contributed by atoms with Gasteiger partial charge in [-0.2, -0.15) is 0 Å². The fraction of sp³-hybridized carbons (Fsp3) is 0.857. The van der Waals surface area contributed by atoms with Crippen LogP contribution >= 0.6 is 0 Å². The summed E-state index contributed by atoms with van der Waals surface area (Å²) in [6.45, 7) is -0.499. The lowest BCUT2D eigenvalue weighted by atomic mass is 9.96. The van der Waals surface area contributed by atoms with E-state index in [4.69, 9.17) is 15.1 Å². The van der Waals surface area contributed by atoms with Crippen molar-refractivity contribution >= 4 is 6.21 Å². The Hall–Kier alpha value is -0.730. The van der Waals surface area contributed by atoms with E-state index in [1.54, 1.807) is 0 Å². The highest BCUT2D eigenvalue weighted by Crippen LogP contribution is 2.19. The van der Waals surface area contributed by atoms with Crippen LogP contribution in [-0.4, -0.2) is 69.0 Å². The van der Waals surface area contributed by atoms with Crippen LogP contribution < -0.4 is 0 Å². The second kappa shape index (κ2) is 4.67. The van der Waals surface area contributed by atoms with E-state index in [9.17, 15) is 15.3 Å². The van der Waals surface area contributed by atoms with Gasteiger partial charge in [0.05, 0.1) is 12.8 Å². The Morgan fingerprint density at radius 2 is 1.79 bits per heavy atom. The van der Waals surface area contributed by atoms with E-state index in [0.29, 0.717) is 0 Å². The van der Waals surface area contributed by atoms with Gasteiger partial charge in [-0.1, -0.05) is 5.16 Å². The fourth-order valence-corrected chi connectivity index (χ4v) is 1.32. The minimum Gasteiger partial charge on any atom is -0.411 e. The standard InChI is InChI=1S/C7H13NO6/c9-2-4-6(11)7(12)5(10)3(14-4)1-8-13/h1,3-7,9-13H,2H2/t3?,4-,5+,6+,7-/m1/s1. The first-order valence-corrected chi connectivity index (χ1v) is 4.10. The molecule has 7 nitrogen and oxygen atoms in total.